The highest BCUT2D eigenvalue weighted by molar-refractivity contribution is 7.89. The summed E-state index contributed by atoms with van der Waals surface area (Å²) < 4.78 is 26.3. The number of hydrogen-bond donors (Lipinski definition) is 3. The van der Waals surface area contributed by atoms with Gasteiger partial charge in [0.25, 0.3) is 0 Å². The first-order valence-corrected chi connectivity index (χ1v) is 7.00. The monoisotopic (exact) mass is 243 g/mol. The fourth-order valence-corrected chi connectivity index (χ4v) is 2.75. The quantitative estimate of drug-likeness (QED) is 0.683. The molecule has 16 heavy (non-hydrogen) atoms. The second kappa shape index (κ2) is 4.57. The molecule has 0 aliphatic heterocycles. The van der Waals surface area contributed by atoms with E-state index in [1.54, 1.807) is 6.07 Å². The Morgan fingerprint density at radius 1 is 1.50 bits per heavy atom. The molecule has 1 heterocycles. The fraction of sp³-hybridized carbons (Fsp3) is 0.600. The number of sulfonamides is 1. The van der Waals surface area contributed by atoms with Gasteiger partial charge in [0, 0.05) is 24.5 Å². The zero-order valence-electron chi connectivity index (χ0n) is 9.29. The normalized spacial score (nSPS) is 16.6. The summed E-state index contributed by atoms with van der Waals surface area (Å²) >= 11 is 0. The van der Waals surface area contributed by atoms with Crippen molar-refractivity contribution in [2.24, 2.45) is 0 Å². The van der Waals surface area contributed by atoms with Gasteiger partial charge in [-0.05, 0) is 25.5 Å². The molecular formula is C10H17N3O2S. The molecule has 2 rings (SSSR count). The lowest BCUT2D eigenvalue weighted by molar-refractivity contribution is 0.581. The van der Waals surface area contributed by atoms with E-state index in [9.17, 15) is 8.42 Å². The molecule has 1 aromatic heterocycles. The first-order valence-electron chi connectivity index (χ1n) is 5.52. The van der Waals surface area contributed by atoms with E-state index in [4.69, 9.17) is 0 Å². The molecule has 0 bridgehead atoms. The molecule has 3 N–H and O–H groups in total. The van der Waals surface area contributed by atoms with Crippen molar-refractivity contribution >= 4 is 10.0 Å². The highest BCUT2D eigenvalue weighted by Gasteiger charge is 2.28. The molecule has 0 spiro atoms. The van der Waals surface area contributed by atoms with E-state index in [0.717, 1.165) is 25.1 Å². The molecule has 0 radical (unpaired) electrons. The topological polar surface area (TPSA) is 74.0 Å². The summed E-state index contributed by atoms with van der Waals surface area (Å²) in [6.07, 6.45) is 3.44. The maximum absolute atomic E-state index is 11.8. The summed E-state index contributed by atoms with van der Waals surface area (Å²) in [6, 6.07) is 1.82. The molecular weight excluding hydrogens is 226 g/mol. The Morgan fingerprint density at radius 2 is 2.25 bits per heavy atom. The highest BCUT2D eigenvalue weighted by atomic mass is 32.2. The van der Waals surface area contributed by atoms with Gasteiger partial charge in [-0.15, -0.1) is 0 Å². The van der Waals surface area contributed by atoms with Crippen LogP contribution in [0.3, 0.4) is 0 Å². The second-order valence-electron chi connectivity index (χ2n) is 4.04. The van der Waals surface area contributed by atoms with Gasteiger partial charge in [0.1, 0.15) is 0 Å². The van der Waals surface area contributed by atoms with E-state index in [1.165, 1.54) is 6.20 Å². The average Bonchev–Trinajstić information content (AvgIpc) is 2.89. The van der Waals surface area contributed by atoms with Crippen molar-refractivity contribution < 1.29 is 8.42 Å². The second-order valence-corrected chi connectivity index (χ2v) is 5.75. The molecule has 1 aromatic rings. The van der Waals surface area contributed by atoms with Gasteiger partial charge < -0.3 is 10.3 Å². The molecule has 0 atom stereocenters. The lowest BCUT2D eigenvalue weighted by Gasteiger charge is -2.01. The molecule has 1 fully saturated rings. The Labute approximate surface area is 95.7 Å². The minimum Gasteiger partial charge on any atom is -0.363 e. The third kappa shape index (κ3) is 2.84. The summed E-state index contributed by atoms with van der Waals surface area (Å²) in [5, 5.41) is 3.14. The molecule has 1 aliphatic rings. The van der Waals surface area contributed by atoms with Gasteiger partial charge in [-0.1, -0.05) is 6.92 Å². The highest BCUT2D eigenvalue weighted by Crippen LogP contribution is 2.22. The van der Waals surface area contributed by atoms with Crippen molar-refractivity contribution in [1.29, 1.82) is 0 Å². The minimum atomic E-state index is -3.31. The third-order valence-corrected chi connectivity index (χ3v) is 3.99. The van der Waals surface area contributed by atoms with Crippen molar-refractivity contribution in [3.63, 3.8) is 0 Å². The predicted molar refractivity (Wildman–Crippen MR) is 61.5 cm³/mol. The predicted octanol–water partition coefficient (Wildman–Crippen LogP) is 0.565. The van der Waals surface area contributed by atoms with E-state index in [1.807, 2.05) is 6.92 Å². The molecule has 90 valence electrons. The molecule has 1 saturated carbocycles. The van der Waals surface area contributed by atoms with Crippen LogP contribution in [0.1, 0.15) is 25.5 Å². The van der Waals surface area contributed by atoms with Gasteiger partial charge in [0.15, 0.2) is 0 Å². The molecule has 6 heteroatoms. The van der Waals surface area contributed by atoms with Crippen LogP contribution in [0, 0.1) is 0 Å². The van der Waals surface area contributed by atoms with Crippen LogP contribution in [0.4, 0.5) is 0 Å². The van der Waals surface area contributed by atoms with Crippen molar-refractivity contribution in [2.45, 2.75) is 37.2 Å². The first-order chi connectivity index (χ1) is 7.62. The largest absolute Gasteiger partial charge is 0.363 e. The number of nitrogens with one attached hydrogen (secondary N) is 3. The van der Waals surface area contributed by atoms with Crippen molar-refractivity contribution in [3.8, 4) is 0 Å². The van der Waals surface area contributed by atoms with E-state index in [0.29, 0.717) is 11.4 Å². The van der Waals surface area contributed by atoms with E-state index in [-0.39, 0.29) is 6.04 Å². The maximum Gasteiger partial charge on any atom is 0.242 e. The molecule has 0 saturated heterocycles. The lowest BCUT2D eigenvalue weighted by Crippen LogP contribution is -2.25. The standard InChI is InChI=1S/C10H17N3O2S/c1-2-11-6-9-5-10(7-12-9)16(14,15)13-8-3-4-8/h5,7-8,11-13H,2-4,6H2,1H3. The zero-order chi connectivity index (χ0) is 11.6. The summed E-state index contributed by atoms with van der Waals surface area (Å²) in [5.41, 5.74) is 0.887. The Hall–Kier alpha value is -0.850. The van der Waals surface area contributed by atoms with Crippen molar-refractivity contribution in [2.75, 3.05) is 6.54 Å². The van der Waals surface area contributed by atoms with Crippen LogP contribution in [-0.2, 0) is 16.6 Å². The SMILES string of the molecule is CCNCc1cc(S(=O)(=O)NC2CC2)c[nH]1. The molecule has 0 unspecified atom stereocenters. The Morgan fingerprint density at radius 3 is 2.88 bits per heavy atom. The number of hydrogen-bond acceptors (Lipinski definition) is 3. The third-order valence-electron chi connectivity index (χ3n) is 2.49. The molecule has 5 nitrogen and oxygen atoms in total. The maximum atomic E-state index is 11.8. The summed E-state index contributed by atoms with van der Waals surface area (Å²) in [5.74, 6) is 0. The van der Waals surface area contributed by atoms with Gasteiger partial charge in [0.2, 0.25) is 10.0 Å². The smallest absolute Gasteiger partial charge is 0.242 e. The van der Waals surface area contributed by atoms with Gasteiger partial charge >= 0.3 is 0 Å². The first kappa shape index (κ1) is 11.6. The zero-order valence-corrected chi connectivity index (χ0v) is 10.1. The summed E-state index contributed by atoms with van der Waals surface area (Å²) in [7, 11) is -3.31. The molecule has 1 aliphatic carbocycles. The number of H-pyrrole nitrogens is 1. The van der Waals surface area contributed by atoms with E-state index >= 15 is 0 Å². The Bertz CT molecular complexity index is 448. The van der Waals surface area contributed by atoms with Gasteiger partial charge in [-0.25, -0.2) is 13.1 Å². The van der Waals surface area contributed by atoms with Gasteiger partial charge in [-0.2, -0.15) is 0 Å². The molecule has 0 amide bonds. The molecule has 0 aromatic carbocycles. The van der Waals surface area contributed by atoms with E-state index in [2.05, 4.69) is 15.0 Å². The van der Waals surface area contributed by atoms with Gasteiger partial charge in [0.05, 0.1) is 4.90 Å². The van der Waals surface area contributed by atoms with Gasteiger partial charge in [-0.3, -0.25) is 0 Å². The Kier molecular flexibility index (Phi) is 3.32. The number of aromatic nitrogens is 1. The van der Waals surface area contributed by atoms with Crippen LogP contribution >= 0.6 is 0 Å². The number of rotatable bonds is 6. The summed E-state index contributed by atoms with van der Waals surface area (Å²) in [6.45, 7) is 3.53. The van der Waals surface area contributed by atoms with E-state index < -0.39 is 10.0 Å². The minimum absolute atomic E-state index is 0.150. The van der Waals surface area contributed by atoms with Crippen molar-refractivity contribution in [3.05, 3.63) is 18.0 Å². The number of aromatic amines is 1. The van der Waals surface area contributed by atoms with Crippen LogP contribution in [0.25, 0.3) is 0 Å². The van der Waals surface area contributed by atoms with Crippen LogP contribution in [0.15, 0.2) is 17.2 Å². The lowest BCUT2D eigenvalue weighted by atomic mass is 10.4. The summed E-state index contributed by atoms with van der Waals surface area (Å²) in [4.78, 5) is 3.28. The van der Waals surface area contributed by atoms with Crippen LogP contribution in [0.2, 0.25) is 0 Å². The Balaban J connectivity index is 2.04. The van der Waals surface area contributed by atoms with Crippen LogP contribution in [0.5, 0.6) is 0 Å². The fourth-order valence-electron chi connectivity index (χ4n) is 1.42. The average molecular weight is 243 g/mol. The van der Waals surface area contributed by atoms with Crippen molar-refractivity contribution in [1.82, 2.24) is 15.0 Å². The van der Waals surface area contributed by atoms with Crippen LogP contribution in [-0.4, -0.2) is 26.0 Å². The van der Waals surface area contributed by atoms with Crippen LogP contribution < -0.4 is 10.0 Å².